The van der Waals surface area contributed by atoms with Gasteiger partial charge in [0, 0.05) is 18.7 Å². The Morgan fingerprint density at radius 3 is 2.15 bits per heavy atom. The van der Waals surface area contributed by atoms with Crippen LogP contribution in [0.25, 0.3) is 0 Å². The minimum absolute atomic E-state index is 0.0637. The first-order valence-corrected chi connectivity index (χ1v) is 10.4. The number of hydrazone groups is 1. The summed E-state index contributed by atoms with van der Waals surface area (Å²) in [5, 5.41) is 18.3. The third kappa shape index (κ3) is 12.1. The largest absolute Gasteiger partial charge is 0.361 e. The number of hydrogen-bond donors (Lipinski definition) is 2. The molecule has 150 valence electrons. The van der Waals surface area contributed by atoms with Gasteiger partial charge in [0.2, 0.25) is 0 Å². The molecule has 0 aliphatic heterocycles. The van der Waals surface area contributed by atoms with Crippen molar-refractivity contribution in [3.8, 4) is 0 Å². The maximum absolute atomic E-state index is 10.6. The molecule has 6 nitrogen and oxygen atoms in total. The van der Waals surface area contributed by atoms with Crippen LogP contribution in [-0.2, 0) is 0 Å². The summed E-state index contributed by atoms with van der Waals surface area (Å²) in [7, 11) is 0. The fourth-order valence-corrected chi connectivity index (χ4v) is 2.86. The molecule has 7 heteroatoms. The smallest absolute Gasteiger partial charge is 0.269 e. The van der Waals surface area contributed by atoms with Crippen molar-refractivity contribution in [2.24, 2.45) is 5.10 Å². The van der Waals surface area contributed by atoms with Crippen LogP contribution in [0.2, 0.25) is 0 Å². The van der Waals surface area contributed by atoms with E-state index in [1.165, 1.54) is 69.9 Å². The lowest BCUT2D eigenvalue weighted by Crippen LogP contribution is -2.32. The molecule has 0 unspecified atom stereocenters. The molecule has 0 radical (unpaired) electrons. The number of unbranched alkanes of at least 4 members (excludes halogenated alkanes) is 9. The number of nitrogens with one attached hydrogen (secondary N) is 2. The van der Waals surface area contributed by atoms with Gasteiger partial charge in [0.1, 0.15) is 0 Å². The van der Waals surface area contributed by atoms with E-state index in [0.717, 1.165) is 18.5 Å². The first-order chi connectivity index (χ1) is 13.1. The summed E-state index contributed by atoms with van der Waals surface area (Å²) in [6.07, 6.45) is 14.7. The summed E-state index contributed by atoms with van der Waals surface area (Å²) in [5.74, 6) is 0. The molecule has 1 aromatic carbocycles. The number of thiocarbonyl (C=S) groups is 1. The fourth-order valence-electron chi connectivity index (χ4n) is 2.70. The van der Waals surface area contributed by atoms with Gasteiger partial charge in [0.15, 0.2) is 5.11 Å². The second-order valence-corrected chi connectivity index (χ2v) is 7.06. The first-order valence-electron chi connectivity index (χ1n) is 9.95. The van der Waals surface area contributed by atoms with Gasteiger partial charge in [0.05, 0.1) is 11.1 Å². The van der Waals surface area contributed by atoms with E-state index in [2.05, 4.69) is 22.8 Å². The van der Waals surface area contributed by atoms with Crippen molar-refractivity contribution in [3.05, 3.63) is 39.9 Å². The lowest BCUT2D eigenvalue weighted by Gasteiger charge is -2.07. The zero-order chi connectivity index (χ0) is 19.7. The highest BCUT2D eigenvalue weighted by molar-refractivity contribution is 7.80. The summed E-state index contributed by atoms with van der Waals surface area (Å²) in [6, 6.07) is 6.18. The van der Waals surface area contributed by atoms with Crippen LogP contribution in [0, 0.1) is 10.1 Å². The molecular weight excluding hydrogens is 360 g/mol. The van der Waals surface area contributed by atoms with Gasteiger partial charge in [-0.3, -0.25) is 15.5 Å². The Kier molecular flexibility index (Phi) is 12.9. The van der Waals surface area contributed by atoms with Gasteiger partial charge in [0.25, 0.3) is 5.69 Å². The summed E-state index contributed by atoms with van der Waals surface area (Å²) < 4.78 is 0. The number of nitrogens with zero attached hydrogens (tertiary/aromatic N) is 2. The van der Waals surface area contributed by atoms with Crippen LogP contribution >= 0.6 is 12.2 Å². The SMILES string of the molecule is CCCCCCCCCCCCNC(=S)N/N=C/c1ccc([N+](=O)[O-])cc1. The number of hydrogen-bond acceptors (Lipinski definition) is 4. The zero-order valence-corrected chi connectivity index (χ0v) is 17.1. The van der Waals surface area contributed by atoms with Gasteiger partial charge in [-0.05, 0) is 36.3 Å². The van der Waals surface area contributed by atoms with Gasteiger partial charge >= 0.3 is 0 Å². The highest BCUT2D eigenvalue weighted by atomic mass is 32.1. The minimum atomic E-state index is -0.425. The molecule has 0 saturated heterocycles. The predicted octanol–water partition coefficient (Wildman–Crippen LogP) is 5.31. The van der Waals surface area contributed by atoms with Crippen LogP contribution in [0.5, 0.6) is 0 Å². The molecule has 0 aliphatic rings. The maximum atomic E-state index is 10.6. The topological polar surface area (TPSA) is 79.6 Å². The number of nitro groups is 1. The van der Waals surface area contributed by atoms with Gasteiger partial charge in [-0.2, -0.15) is 5.10 Å². The van der Waals surface area contributed by atoms with Crippen molar-refractivity contribution in [2.45, 2.75) is 71.1 Å². The highest BCUT2D eigenvalue weighted by Gasteiger charge is 2.02. The van der Waals surface area contributed by atoms with Crippen molar-refractivity contribution in [3.63, 3.8) is 0 Å². The predicted molar refractivity (Wildman–Crippen MR) is 116 cm³/mol. The normalized spacial score (nSPS) is 10.9. The summed E-state index contributed by atoms with van der Waals surface area (Å²) >= 11 is 5.17. The lowest BCUT2D eigenvalue weighted by molar-refractivity contribution is -0.384. The van der Waals surface area contributed by atoms with Crippen molar-refractivity contribution in [2.75, 3.05) is 6.54 Å². The van der Waals surface area contributed by atoms with Gasteiger partial charge in [-0.1, -0.05) is 64.7 Å². The molecule has 0 aliphatic carbocycles. The quantitative estimate of drug-likeness (QED) is 0.147. The van der Waals surface area contributed by atoms with Crippen molar-refractivity contribution < 1.29 is 4.92 Å². The molecule has 0 amide bonds. The van der Waals surface area contributed by atoms with Gasteiger partial charge in [-0.15, -0.1) is 0 Å². The second kappa shape index (κ2) is 15.1. The van der Waals surface area contributed by atoms with E-state index in [0.29, 0.717) is 5.11 Å². The monoisotopic (exact) mass is 392 g/mol. The molecule has 0 heterocycles. The Labute approximate surface area is 168 Å². The van der Waals surface area contributed by atoms with Gasteiger partial charge < -0.3 is 5.32 Å². The highest BCUT2D eigenvalue weighted by Crippen LogP contribution is 2.11. The van der Waals surface area contributed by atoms with E-state index in [4.69, 9.17) is 12.2 Å². The molecule has 1 aromatic rings. The zero-order valence-electron chi connectivity index (χ0n) is 16.3. The molecule has 0 fully saturated rings. The average molecular weight is 393 g/mol. The van der Waals surface area contributed by atoms with Crippen molar-refractivity contribution >= 4 is 29.2 Å². The Morgan fingerprint density at radius 1 is 1.04 bits per heavy atom. The Hall–Kier alpha value is -2.02. The molecule has 0 atom stereocenters. The summed E-state index contributed by atoms with van der Waals surface area (Å²) in [6.45, 7) is 3.09. The number of benzene rings is 1. The second-order valence-electron chi connectivity index (χ2n) is 6.66. The third-order valence-corrected chi connectivity index (χ3v) is 4.54. The van der Waals surface area contributed by atoms with E-state index in [9.17, 15) is 10.1 Å². The summed E-state index contributed by atoms with van der Waals surface area (Å²) in [4.78, 5) is 10.2. The number of non-ortho nitro benzene ring substituents is 1. The van der Waals surface area contributed by atoms with Crippen LogP contribution in [-0.4, -0.2) is 22.8 Å². The third-order valence-electron chi connectivity index (χ3n) is 4.30. The van der Waals surface area contributed by atoms with E-state index in [1.807, 2.05) is 0 Å². The van der Waals surface area contributed by atoms with Crippen LogP contribution in [0.1, 0.15) is 76.7 Å². The number of rotatable bonds is 14. The van der Waals surface area contributed by atoms with Crippen LogP contribution in [0.3, 0.4) is 0 Å². The molecule has 0 bridgehead atoms. The van der Waals surface area contributed by atoms with Gasteiger partial charge in [-0.25, -0.2) is 0 Å². The first kappa shape index (κ1) is 23.0. The van der Waals surface area contributed by atoms with Crippen LogP contribution < -0.4 is 10.7 Å². The average Bonchev–Trinajstić information content (AvgIpc) is 2.66. The van der Waals surface area contributed by atoms with E-state index in [-0.39, 0.29) is 5.69 Å². The van der Waals surface area contributed by atoms with Crippen molar-refractivity contribution in [1.82, 2.24) is 10.7 Å². The molecule has 27 heavy (non-hydrogen) atoms. The molecule has 2 N–H and O–H groups in total. The fraction of sp³-hybridized carbons (Fsp3) is 0.600. The Morgan fingerprint density at radius 2 is 1.59 bits per heavy atom. The molecular formula is C20H32N4O2S. The summed E-state index contributed by atoms with van der Waals surface area (Å²) in [5.41, 5.74) is 3.59. The minimum Gasteiger partial charge on any atom is -0.361 e. The molecule has 0 spiro atoms. The lowest BCUT2D eigenvalue weighted by atomic mass is 10.1. The van der Waals surface area contributed by atoms with Crippen LogP contribution in [0.15, 0.2) is 29.4 Å². The van der Waals surface area contributed by atoms with Crippen LogP contribution in [0.4, 0.5) is 5.69 Å². The van der Waals surface area contributed by atoms with Crippen molar-refractivity contribution in [1.29, 1.82) is 0 Å². The molecule has 1 rings (SSSR count). The Balaban J connectivity index is 2.00. The van der Waals surface area contributed by atoms with E-state index >= 15 is 0 Å². The maximum Gasteiger partial charge on any atom is 0.269 e. The van der Waals surface area contributed by atoms with E-state index < -0.39 is 4.92 Å². The standard InChI is InChI=1S/C20H32N4O2S/c1-2-3-4-5-6-7-8-9-10-11-16-21-20(27)23-22-17-18-12-14-19(15-13-18)24(25)26/h12-15,17H,2-11,16H2,1H3,(H2,21,23,27)/b22-17+. The molecule has 0 aromatic heterocycles. The van der Waals surface area contributed by atoms with E-state index in [1.54, 1.807) is 18.3 Å². The molecule has 0 saturated carbocycles. The Bertz CT molecular complexity index is 576. The number of nitro benzene ring substituents is 1.